The van der Waals surface area contributed by atoms with Gasteiger partial charge in [0.1, 0.15) is 6.33 Å². The normalized spacial score (nSPS) is 18.5. The van der Waals surface area contributed by atoms with Gasteiger partial charge in [0.2, 0.25) is 11.6 Å². The first kappa shape index (κ1) is 20.7. The molecule has 2 aliphatic rings. The van der Waals surface area contributed by atoms with E-state index in [1.165, 1.54) is 6.33 Å². The molecule has 11 nitrogen and oxygen atoms in total. The van der Waals surface area contributed by atoms with E-state index in [4.69, 9.17) is 9.84 Å². The molecule has 0 radical (unpaired) electrons. The number of nitro groups is 1. The summed E-state index contributed by atoms with van der Waals surface area (Å²) in [5.74, 6) is -1.26. The summed E-state index contributed by atoms with van der Waals surface area (Å²) in [5, 5.41) is 21.0. The highest BCUT2D eigenvalue weighted by Gasteiger charge is 2.35. The summed E-state index contributed by atoms with van der Waals surface area (Å²) in [6, 6.07) is 0. The van der Waals surface area contributed by atoms with Gasteiger partial charge in [-0.2, -0.15) is 0 Å². The molecule has 29 heavy (non-hydrogen) atoms. The number of carbonyl (C=O) groups is 2. The Morgan fingerprint density at radius 3 is 2.00 bits per heavy atom. The summed E-state index contributed by atoms with van der Waals surface area (Å²) >= 11 is 0. The number of hydrogen-bond donors (Lipinski definition) is 1. The van der Waals surface area contributed by atoms with E-state index in [9.17, 15) is 19.7 Å². The summed E-state index contributed by atoms with van der Waals surface area (Å²) in [5.41, 5.74) is -0.171. The molecule has 3 heterocycles. The number of esters is 1. The van der Waals surface area contributed by atoms with Crippen LogP contribution in [0.15, 0.2) is 6.33 Å². The number of anilines is 2. The Hall–Kier alpha value is -2.98. The fourth-order valence-corrected chi connectivity index (χ4v) is 3.91. The van der Waals surface area contributed by atoms with Crippen LogP contribution < -0.4 is 9.80 Å². The predicted molar refractivity (Wildman–Crippen MR) is 103 cm³/mol. The van der Waals surface area contributed by atoms with Crippen molar-refractivity contribution in [3.8, 4) is 0 Å². The monoisotopic (exact) mass is 407 g/mol. The maximum Gasteiger partial charge on any atom is 0.353 e. The molecule has 0 spiro atoms. The molecule has 2 fully saturated rings. The van der Waals surface area contributed by atoms with Gasteiger partial charge in [0.25, 0.3) is 0 Å². The van der Waals surface area contributed by atoms with E-state index in [0.29, 0.717) is 58.5 Å². The molecule has 1 aromatic rings. The van der Waals surface area contributed by atoms with Crippen LogP contribution in [-0.2, 0) is 14.3 Å². The fourth-order valence-electron chi connectivity index (χ4n) is 3.91. The van der Waals surface area contributed by atoms with Crippen molar-refractivity contribution in [3.63, 3.8) is 0 Å². The van der Waals surface area contributed by atoms with Gasteiger partial charge in [-0.1, -0.05) is 0 Å². The summed E-state index contributed by atoms with van der Waals surface area (Å²) in [7, 11) is 0. The zero-order valence-electron chi connectivity index (χ0n) is 16.3. The summed E-state index contributed by atoms with van der Waals surface area (Å²) in [6.45, 7) is 3.79. The molecular formula is C18H25N5O6. The predicted octanol–water partition coefficient (Wildman–Crippen LogP) is 1.47. The lowest BCUT2D eigenvalue weighted by molar-refractivity contribution is -0.383. The first-order valence-electron chi connectivity index (χ1n) is 9.81. The van der Waals surface area contributed by atoms with Crippen molar-refractivity contribution in [2.45, 2.75) is 32.6 Å². The molecule has 0 saturated carbocycles. The Balaban J connectivity index is 1.77. The molecule has 0 unspecified atom stereocenters. The SMILES string of the molecule is CCOC(=O)C1CCN(c2ncnc(N3CCC(C(=O)O)CC3)c2[N+](=O)[O-])CC1. The number of ether oxygens (including phenoxy) is 1. The van der Waals surface area contributed by atoms with Crippen LogP contribution in [0.5, 0.6) is 0 Å². The van der Waals surface area contributed by atoms with Gasteiger partial charge < -0.3 is 19.6 Å². The first-order chi connectivity index (χ1) is 13.9. The van der Waals surface area contributed by atoms with Gasteiger partial charge in [-0.3, -0.25) is 19.7 Å². The average Bonchev–Trinajstić information content (AvgIpc) is 2.73. The maximum absolute atomic E-state index is 11.9. The second kappa shape index (κ2) is 9.01. The molecule has 0 aliphatic carbocycles. The van der Waals surface area contributed by atoms with E-state index in [0.717, 1.165) is 0 Å². The zero-order chi connectivity index (χ0) is 21.0. The summed E-state index contributed by atoms with van der Waals surface area (Å²) < 4.78 is 5.07. The van der Waals surface area contributed by atoms with Gasteiger partial charge in [0, 0.05) is 26.2 Å². The molecule has 2 saturated heterocycles. The van der Waals surface area contributed by atoms with E-state index in [1.807, 2.05) is 4.90 Å². The molecule has 3 rings (SSSR count). The summed E-state index contributed by atoms with van der Waals surface area (Å²) in [4.78, 5) is 46.3. The highest BCUT2D eigenvalue weighted by Crippen LogP contribution is 2.37. The minimum Gasteiger partial charge on any atom is -0.481 e. The highest BCUT2D eigenvalue weighted by molar-refractivity contribution is 5.75. The number of nitrogens with zero attached hydrogens (tertiary/aromatic N) is 5. The highest BCUT2D eigenvalue weighted by atomic mass is 16.6. The van der Waals surface area contributed by atoms with Crippen LogP contribution in [0.1, 0.15) is 32.6 Å². The Morgan fingerprint density at radius 2 is 1.59 bits per heavy atom. The third kappa shape index (κ3) is 4.54. The van der Waals surface area contributed by atoms with E-state index in [2.05, 4.69) is 9.97 Å². The Kier molecular flexibility index (Phi) is 6.45. The van der Waals surface area contributed by atoms with Crippen LogP contribution in [0.2, 0.25) is 0 Å². The summed E-state index contributed by atoms with van der Waals surface area (Å²) in [6.07, 6.45) is 3.21. The lowest BCUT2D eigenvalue weighted by Crippen LogP contribution is -2.39. The molecule has 0 aromatic carbocycles. The maximum atomic E-state index is 11.9. The van der Waals surface area contributed by atoms with Gasteiger partial charge >= 0.3 is 17.6 Å². The topological polar surface area (TPSA) is 139 Å². The van der Waals surface area contributed by atoms with Crippen LogP contribution in [0.4, 0.5) is 17.3 Å². The second-order valence-corrected chi connectivity index (χ2v) is 7.24. The molecule has 2 aliphatic heterocycles. The van der Waals surface area contributed by atoms with Crippen molar-refractivity contribution in [2.75, 3.05) is 42.6 Å². The minimum absolute atomic E-state index is 0.171. The Bertz CT molecular complexity index is 772. The van der Waals surface area contributed by atoms with E-state index in [-0.39, 0.29) is 29.2 Å². The van der Waals surface area contributed by atoms with Crippen molar-refractivity contribution in [3.05, 3.63) is 16.4 Å². The van der Waals surface area contributed by atoms with Crippen LogP contribution in [-0.4, -0.2) is 64.7 Å². The zero-order valence-corrected chi connectivity index (χ0v) is 16.3. The van der Waals surface area contributed by atoms with Crippen molar-refractivity contribution < 1.29 is 24.4 Å². The molecule has 1 aromatic heterocycles. The van der Waals surface area contributed by atoms with E-state index in [1.54, 1.807) is 11.8 Å². The quantitative estimate of drug-likeness (QED) is 0.419. The number of carboxylic acids is 1. The molecule has 0 atom stereocenters. The lowest BCUT2D eigenvalue weighted by atomic mass is 9.96. The molecule has 0 amide bonds. The van der Waals surface area contributed by atoms with Crippen LogP contribution >= 0.6 is 0 Å². The minimum atomic E-state index is -0.841. The van der Waals surface area contributed by atoms with Crippen LogP contribution in [0, 0.1) is 22.0 Å². The lowest BCUT2D eigenvalue weighted by Gasteiger charge is -2.33. The Morgan fingerprint density at radius 1 is 1.10 bits per heavy atom. The van der Waals surface area contributed by atoms with Crippen molar-refractivity contribution in [1.29, 1.82) is 0 Å². The first-order valence-corrected chi connectivity index (χ1v) is 9.81. The molecule has 158 valence electrons. The van der Waals surface area contributed by atoms with Gasteiger partial charge in [-0.25, -0.2) is 9.97 Å². The largest absolute Gasteiger partial charge is 0.481 e. The van der Waals surface area contributed by atoms with Crippen molar-refractivity contribution in [2.24, 2.45) is 11.8 Å². The third-order valence-electron chi connectivity index (χ3n) is 5.52. The standard InChI is InChI=1S/C18H25N5O6/c1-2-29-18(26)13-5-9-22(10-6-13)16-14(23(27)28)15(19-11-20-16)21-7-3-12(4-8-21)17(24)25/h11-13H,2-10H2,1H3,(H,24,25). The van der Waals surface area contributed by atoms with E-state index < -0.39 is 16.8 Å². The number of hydrogen-bond acceptors (Lipinski definition) is 9. The van der Waals surface area contributed by atoms with Crippen LogP contribution in [0.25, 0.3) is 0 Å². The molecule has 1 N–H and O–H groups in total. The fraction of sp³-hybridized carbons (Fsp3) is 0.667. The van der Waals surface area contributed by atoms with Gasteiger partial charge in [0.05, 0.1) is 23.4 Å². The van der Waals surface area contributed by atoms with Crippen molar-refractivity contribution in [1.82, 2.24) is 9.97 Å². The molecule has 0 bridgehead atoms. The van der Waals surface area contributed by atoms with Gasteiger partial charge in [0.15, 0.2) is 0 Å². The second-order valence-electron chi connectivity index (χ2n) is 7.24. The molecule has 11 heteroatoms. The van der Waals surface area contributed by atoms with Gasteiger partial charge in [-0.15, -0.1) is 0 Å². The smallest absolute Gasteiger partial charge is 0.353 e. The van der Waals surface area contributed by atoms with Crippen molar-refractivity contribution >= 4 is 29.3 Å². The van der Waals surface area contributed by atoms with E-state index >= 15 is 0 Å². The molecular weight excluding hydrogens is 382 g/mol. The number of carbonyl (C=O) groups excluding carboxylic acids is 1. The number of rotatable bonds is 6. The Labute approximate surface area is 167 Å². The average molecular weight is 407 g/mol. The van der Waals surface area contributed by atoms with Crippen LogP contribution in [0.3, 0.4) is 0 Å². The number of aliphatic carboxylic acids is 1. The number of aromatic nitrogens is 2. The van der Waals surface area contributed by atoms with Gasteiger partial charge in [-0.05, 0) is 32.6 Å². The number of carboxylic acid groups (broad SMARTS) is 1. The third-order valence-corrected chi connectivity index (χ3v) is 5.52. The number of piperidine rings is 2.